The standard InChI is InChI=1S/C20H18Cl3N5OS2/c1-4-7-28-16(10-30-19-24-11(2)8-12(3)25-19)26-27-20(28)31-9-15(29)13-5-6-14(21)18(23)17(13)22/h4-6,8H,1,7,9-10H2,2-3H3. The number of allylic oxidation sites excluding steroid dienone is 1. The van der Waals surface area contributed by atoms with Gasteiger partial charge in [-0.15, -0.1) is 16.8 Å². The number of hydrogen-bond donors (Lipinski definition) is 0. The number of rotatable bonds is 9. The summed E-state index contributed by atoms with van der Waals surface area (Å²) in [6.45, 7) is 8.19. The van der Waals surface area contributed by atoms with Gasteiger partial charge in [0.15, 0.2) is 16.1 Å². The summed E-state index contributed by atoms with van der Waals surface area (Å²) in [5, 5.41) is 10.4. The third-order valence-electron chi connectivity index (χ3n) is 4.07. The lowest BCUT2D eigenvalue weighted by Crippen LogP contribution is -2.07. The van der Waals surface area contributed by atoms with Crippen LogP contribution in [-0.4, -0.2) is 36.3 Å². The smallest absolute Gasteiger partial charge is 0.191 e. The number of nitrogens with zero attached hydrogens (tertiary/aromatic N) is 5. The molecule has 0 spiro atoms. The van der Waals surface area contributed by atoms with E-state index in [1.807, 2.05) is 24.5 Å². The second kappa shape index (κ2) is 10.8. The van der Waals surface area contributed by atoms with Crippen molar-refractivity contribution in [2.45, 2.75) is 36.5 Å². The number of benzene rings is 1. The normalized spacial score (nSPS) is 11.0. The fourth-order valence-corrected chi connectivity index (χ4v) is 5.06. The maximum Gasteiger partial charge on any atom is 0.191 e. The van der Waals surface area contributed by atoms with Crippen molar-refractivity contribution in [3.63, 3.8) is 0 Å². The van der Waals surface area contributed by atoms with Gasteiger partial charge in [-0.2, -0.15) is 0 Å². The molecule has 6 nitrogen and oxygen atoms in total. The number of hydrogen-bond acceptors (Lipinski definition) is 7. The van der Waals surface area contributed by atoms with Crippen molar-refractivity contribution in [2.75, 3.05) is 5.75 Å². The molecule has 1 aromatic carbocycles. The minimum absolute atomic E-state index is 0.125. The number of thioether (sulfide) groups is 2. The van der Waals surface area contributed by atoms with E-state index in [2.05, 4.69) is 26.7 Å². The van der Waals surface area contributed by atoms with Crippen molar-refractivity contribution in [1.82, 2.24) is 24.7 Å². The third kappa shape index (κ3) is 6.02. The van der Waals surface area contributed by atoms with Crippen molar-refractivity contribution in [3.8, 4) is 0 Å². The number of aromatic nitrogens is 5. The van der Waals surface area contributed by atoms with Crippen molar-refractivity contribution in [3.05, 3.63) is 68.7 Å². The van der Waals surface area contributed by atoms with Gasteiger partial charge in [-0.05, 0) is 32.0 Å². The quantitative estimate of drug-likeness (QED) is 0.112. The van der Waals surface area contributed by atoms with Crippen LogP contribution in [0.5, 0.6) is 0 Å². The molecule has 3 rings (SSSR count). The van der Waals surface area contributed by atoms with Crippen LogP contribution in [0.2, 0.25) is 15.1 Å². The number of carbonyl (C=O) groups is 1. The molecule has 0 bridgehead atoms. The van der Waals surface area contributed by atoms with Crippen LogP contribution in [0.3, 0.4) is 0 Å². The van der Waals surface area contributed by atoms with Crippen LogP contribution in [0.15, 0.2) is 41.2 Å². The van der Waals surface area contributed by atoms with Gasteiger partial charge in [0.25, 0.3) is 0 Å². The lowest BCUT2D eigenvalue weighted by Gasteiger charge is -2.08. The van der Waals surface area contributed by atoms with Gasteiger partial charge in [0.05, 0.1) is 26.6 Å². The molecular formula is C20H18Cl3N5OS2. The van der Waals surface area contributed by atoms with Gasteiger partial charge in [-0.3, -0.25) is 4.79 Å². The summed E-state index contributed by atoms with van der Waals surface area (Å²) in [5.41, 5.74) is 2.15. The van der Waals surface area contributed by atoms with Crippen LogP contribution in [-0.2, 0) is 12.3 Å². The highest BCUT2D eigenvalue weighted by atomic mass is 35.5. The van der Waals surface area contributed by atoms with Gasteiger partial charge < -0.3 is 4.57 Å². The van der Waals surface area contributed by atoms with E-state index in [0.717, 1.165) is 17.2 Å². The molecule has 31 heavy (non-hydrogen) atoms. The molecule has 0 amide bonds. The molecule has 162 valence electrons. The zero-order chi connectivity index (χ0) is 22.5. The fraction of sp³-hybridized carbons (Fsp3) is 0.250. The monoisotopic (exact) mass is 513 g/mol. The summed E-state index contributed by atoms with van der Waals surface area (Å²) < 4.78 is 1.91. The maximum absolute atomic E-state index is 12.6. The van der Waals surface area contributed by atoms with Crippen LogP contribution in [0.25, 0.3) is 0 Å². The van der Waals surface area contributed by atoms with Crippen molar-refractivity contribution < 1.29 is 4.79 Å². The van der Waals surface area contributed by atoms with Crippen molar-refractivity contribution in [2.24, 2.45) is 0 Å². The van der Waals surface area contributed by atoms with Gasteiger partial charge in [0.2, 0.25) is 0 Å². The van der Waals surface area contributed by atoms with E-state index in [4.69, 9.17) is 34.8 Å². The minimum Gasteiger partial charge on any atom is -0.301 e. The highest BCUT2D eigenvalue weighted by Gasteiger charge is 2.18. The molecule has 0 saturated carbocycles. The summed E-state index contributed by atoms with van der Waals surface area (Å²) in [7, 11) is 0. The first kappa shape index (κ1) is 24.1. The average molecular weight is 515 g/mol. The van der Waals surface area contributed by atoms with Crippen LogP contribution in [0.4, 0.5) is 0 Å². The molecule has 0 fully saturated rings. The molecule has 0 saturated heterocycles. The van der Waals surface area contributed by atoms with E-state index < -0.39 is 0 Å². The molecule has 0 atom stereocenters. The topological polar surface area (TPSA) is 73.6 Å². The van der Waals surface area contributed by atoms with Gasteiger partial charge >= 0.3 is 0 Å². The predicted molar refractivity (Wildman–Crippen MR) is 128 cm³/mol. The average Bonchev–Trinajstić information content (AvgIpc) is 3.10. The summed E-state index contributed by atoms with van der Waals surface area (Å²) in [6, 6.07) is 5.05. The molecule has 0 aliphatic rings. The van der Waals surface area contributed by atoms with E-state index in [0.29, 0.717) is 33.2 Å². The van der Waals surface area contributed by atoms with Crippen molar-refractivity contribution >= 4 is 64.1 Å². The van der Waals surface area contributed by atoms with Crippen LogP contribution >= 0.6 is 58.3 Å². The second-order valence-corrected chi connectivity index (χ2v) is 9.50. The molecule has 0 aliphatic heterocycles. The van der Waals surface area contributed by atoms with E-state index >= 15 is 0 Å². The van der Waals surface area contributed by atoms with Crippen LogP contribution in [0, 0.1) is 13.8 Å². The Morgan fingerprint density at radius 3 is 2.48 bits per heavy atom. The molecule has 2 aromatic heterocycles. The Hall–Kier alpha value is -1.58. The molecule has 0 N–H and O–H groups in total. The molecule has 0 radical (unpaired) electrons. The molecule has 11 heteroatoms. The molecule has 3 aromatic rings. The Bertz CT molecular complexity index is 1120. The first-order chi connectivity index (χ1) is 14.8. The Morgan fingerprint density at radius 2 is 1.81 bits per heavy atom. The SMILES string of the molecule is C=CCn1c(CSc2nc(C)cc(C)n2)nnc1SCC(=O)c1ccc(Cl)c(Cl)c1Cl. The van der Waals surface area contributed by atoms with E-state index in [9.17, 15) is 4.79 Å². The highest BCUT2D eigenvalue weighted by Crippen LogP contribution is 2.33. The van der Waals surface area contributed by atoms with E-state index in [1.54, 1.807) is 18.2 Å². The Kier molecular flexibility index (Phi) is 8.41. The summed E-state index contributed by atoms with van der Waals surface area (Å²) in [4.78, 5) is 21.5. The zero-order valence-corrected chi connectivity index (χ0v) is 20.6. The summed E-state index contributed by atoms with van der Waals surface area (Å²) in [5.74, 6) is 1.23. The number of halogens is 3. The molecular weight excluding hydrogens is 497 g/mol. The third-order valence-corrected chi connectivity index (χ3v) is 7.17. The Morgan fingerprint density at radius 1 is 1.10 bits per heavy atom. The second-order valence-electron chi connectivity index (χ2n) is 6.45. The fourth-order valence-electron chi connectivity index (χ4n) is 2.68. The van der Waals surface area contributed by atoms with Gasteiger partial charge in [0.1, 0.15) is 5.82 Å². The van der Waals surface area contributed by atoms with Gasteiger partial charge in [-0.1, -0.05) is 64.4 Å². The first-order valence-electron chi connectivity index (χ1n) is 9.07. The lowest BCUT2D eigenvalue weighted by atomic mass is 10.1. The van der Waals surface area contributed by atoms with E-state index in [1.165, 1.54) is 23.5 Å². The zero-order valence-electron chi connectivity index (χ0n) is 16.7. The van der Waals surface area contributed by atoms with Gasteiger partial charge in [0, 0.05) is 23.5 Å². The van der Waals surface area contributed by atoms with E-state index in [-0.39, 0.29) is 21.6 Å². The lowest BCUT2D eigenvalue weighted by molar-refractivity contribution is 0.102. The van der Waals surface area contributed by atoms with Gasteiger partial charge in [-0.25, -0.2) is 9.97 Å². The maximum atomic E-state index is 12.6. The number of Topliss-reactive ketones (excluding diaryl/α,β-unsaturated/α-hetero) is 1. The number of ketones is 1. The molecule has 0 aliphatic carbocycles. The summed E-state index contributed by atoms with van der Waals surface area (Å²) >= 11 is 20.9. The Balaban J connectivity index is 1.72. The first-order valence-corrected chi connectivity index (χ1v) is 12.2. The number of carbonyl (C=O) groups excluding carboxylic acids is 1. The molecule has 2 heterocycles. The highest BCUT2D eigenvalue weighted by molar-refractivity contribution is 7.99. The van der Waals surface area contributed by atoms with Crippen LogP contribution < -0.4 is 0 Å². The molecule has 0 unspecified atom stereocenters. The summed E-state index contributed by atoms with van der Waals surface area (Å²) in [6.07, 6.45) is 1.76. The largest absolute Gasteiger partial charge is 0.301 e. The minimum atomic E-state index is -0.179. The Labute approximate surface area is 203 Å². The van der Waals surface area contributed by atoms with Crippen LogP contribution in [0.1, 0.15) is 27.6 Å². The number of aryl methyl sites for hydroxylation is 2. The van der Waals surface area contributed by atoms with Crippen molar-refractivity contribution in [1.29, 1.82) is 0 Å². The predicted octanol–water partition coefficient (Wildman–Crippen LogP) is 6.10.